The fraction of sp³-hybridized carbons (Fsp3) is 0.400. The lowest BCUT2D eigenvalue weighted by Crippen LogP contribution is -2.48. The molecule has 29 heavy (non-hydrogen) atoms. The molecule has 0 spiro atoms. The molecule has 1 saturated heterocycles. The minimum atomic E-state index is -0.152. The number of methoxy groups -OCH3 is 2. The number of nitrogens with one attached hydrogen (secondary N) is 1. The van der Waals surface area contributed by atoms with Gasteiger partial charge in [-0.25, -0.2) is 9.97 Å². The first-order valence-electron chi connectivity index (χ1n) is 9.40. The Morgan fingerprint density at radius 1 is 1.10 bits per heavy atom. The lowest BCUT2D eigenvalue weighted by atomic mass is 10.1. The molecule has 0 bridgehead atoms. The van der Waals surface area contributed by atoms with Crippen LogP contribution in [0.2, 0.25) is 0 Å². The van der Waals surface area contributed by atoms with Crippen LogP contribution in [0.15, 0.2) is 30.6 Å². The summed E-state index contributed by atoms with van der Waals surface area (Å²) < 4.78 is 10.6. The summed E-state index contributed by atoms with van der Waals surface area (Å²) in [5.74, 6) is 1.82. The predicted octanol–water partition coefficient (Wildman–Crippen LogP) is 1.06. The number of hydrogen-bond acceptors (Lipinski definition) is 7. The fourth-order valence-electron chi connectivity index (χ4n) is 3.13. The van der Waals surface area contributed by atoms with E-state index in [9.17, 15) is 9.59 Å². The van der Waals surface area contributed by atoms with Gasteiger partial charge in [0, 0.05) is 38.8 Å². The zero-order valence-corrected chi connectivity index (χ0v) is 16.6. The lowest BCUT2D eigenvalue weighted by Gasteiger charge is -2.32. The van der Waals surface area contributed by atoms with Crippen LogP contribution in [0.5, 0.6) is 11.5 Å². The van der Waals surface area contributed by atoms with E-state index in [1.165, 1.54) is 6.33 Å². The summed E-state index contributed by atoms with van der Waals surface area (Å²) in [4.78, 5) is 35.1. The number of piperazine rings is 1. The zero-order valence-electron chi connectivity index (χ0n) is 16.6. The van der Waals surface area contributed by atoms with Crippen molar-refractivity contribution in [3.63, 3.8) is 0 Å². The molecule has 9 heteroatoms. The van der Waals surface area contributed by atoms with E-state index >= 15 is 0 Å². The molecule has 1 aliphatic rings. The van der Waals surface area contributed by atoms with Gasteiger partial charge in [0.05, 0.1) is 14.2 Å². The summed E-state index contributed by atoms with van der Waals surface area (Å²) >= 11 is 0. The highest BCUT2D eigenvalue weighted by atomic mass is 16.5. The molecular formula is C20H25N5O4. The van der Waals surface area contributed by atoms with Gasteiger partial charge in [-0.2, -0.15) is 0 Å². The number of ether oxygens (including phenoxy) is 2. The molecule has 0 radical (unpaired) electrons. The van der Waals surface area contributed by atoms with Gasteiger partial charge in [0.25, 0.3) is 5.91 Å². The monoisotopic (exact) mass is 399 g/mol. The van der Waals surface area contributed by atoms with Crippen molar-refractivity contribution in [2.24, 2.45) is 0 Å². The third-order valence-corrected chi connectivity index (χ3v) is 4.80. The quantitative estimate of drug-likeness (QED) is 0.663. The lowest BCUT2D eigenvalue weighted by molar-refractivity contribution is -0.119. The van der Waals surface area contributed by atoms with Crippen LogP contribution in [-0.2, 0) is 11.2 Å². The molecule has 3 rings (SSSR count). The summed E-state index contributed by atoms with van der Waals surface area (Å²) in [6, 6.07) is 7.45. The Balaban J connectivity index is 1.56. The van der Waals surface area contributed by atoms with E-state index in [4.69, 9.17) is 9.47 Å². The molecule has 0 aliphatic carbocycles. The van der Waals surface area contributed by atoms with Crippen LogP contribution in [-0.4, -0.2) is 79.0 Å². The SMILES string of the molecule is COc1ccc(CCNc2cc(C(=O)N3CCN(C=O)CC3)ncn2)cc1OC. The van der Waals surface area contributed by atoms with Crippen molar-refractivity contribution < 1.29 is 19.1 Å². The van der Waals surface area contributed by atoms with Gasteiger partial charge in [0.15, 0.2) is 11.5 Å². The van der Waals surface area contributed by atoms with E-state index in [1.54, 1.807) is 30.1 Å². The van der Waals surface area contributed by atoms with Gasteiger partial charge in [-0.1, -0.05) is 6.07 Å². The number of carbonyl (C=O) groups is 2. The number of anilines is 1. The molecule has 1 N–H and O–H groups in total. The van der Waals surface area contributed by atoms with Crippen molar-refractivity contribution in [2.45, 2.75) is 6.42 Å². The van der Waals surface area contributed by atoms with E-state index in [2.05, 4.69) is 15.3 Å². The summed E-state index contributed by atoms with van der Waals surface area (Å²) in [6.07, 6.45) is 2.95. The highest BCUT2D eigenvalue weighted by Gasteiger charge is 2.22. The molecule has 1 fully saturated rings. The molecule has 154 valence electrons. The van der Waals surface area contributed by atoms with Crippen LogP contribution in [0.25, 0.3) is 0 Å². The molecule has 2 heterocycles. The first-order valence-corrected chi connectivity index (χ1v) is 9.40. The Labute approximate surface area is 169 Å². The standard InChI is InChI=1S/C20H25N5O4/c1-28-17-4-3-15(11-18(17)29-2)5-6-21-19-12-16(22-13-23-19)20(27)25-9-7-24(14-26)8-10-25/h3-4,11-14H,5-10H2,1-2H3,(H,21,22,23). The van der Waals surface area contributed by atoms with Crippen molar-refractivity contribution in [3.8, 4) is 11.5 Å². The third kappa shape index (κ3) is 5.13. The molecule has 2 amide bonds. The van der Waals surface area contributed by atoms with Gasteiger partial charge in [-0.05, 0) is 24.1 Å². The Morgan fingerprint density at radius 2 is 1.86 bits per heavy atom. The Bertz CT molecular complexity index is 853. The zero-order chi connectivity index (χ0) is 20.6. The second kappa shape index (κ2) is 9.72. The molecule has 1 aliphatic heterocycles. The first kappa shape index (κ1) is 20.4. The minimum Gasteiger partial charge on any atom is -0.493 e. The van der Waals surface area contributed by atoms with Gasteiger partial charge in [0.1, 0.15) is 17.8 Å². The summed E-state index contributed by atoms with van der Waals surface area (Å²) in [5.41, 5.74) is 1.43. The Morgan fingerprint density at radius 3 is 2.55 bits per heavy atom. The number of hydrogen-bond donors (Lipinski definition) is 1. The highest BCUT2D eigenvalue weighted by Crippen LogP contribution is 2.27. The van der Waals surface area contributed by atoms with E-state index < -0.39 is 0 Å². The smallest absolute Gasteiger partial charge is 0.272 e. The van der Waals surface area contributed by atoms with Gasteiger partial charge in [-0.3, -0.25) is 9.59 Å². The van der Waals surface area contributed by atoms with Gasteiger partial charge in [0.2, 0.25) is 6.41 Å². The molecule has 9 nitrogen and oxygen atoms in total. The summed E-state index contributed by atoms with van der Waals surface area (Å²) in [7, 11) is 3.22. The van der Waals surface area contributed by atoms with E-state index in [-0.39, 0.29) is 5.91 Å². The molecule has 0 unspecified atom stereocenters. The van der Waals surface area contributed by atoms with Gasteiger partial charge >= 0.3 is 0 Å². The van der Waals surface area contributed by atoms with E-state index in [0.717, 1.165) is 18.4 Å². The number of aromatic nitrogens is 2. The number of amides is 2. The van der Waals surface area contributed by atoms with Gasteiger partial charge in [-0.15, -0.1) is 0 Å². The van der Waals surface area contributed by atoms with Crippen molar-refractivity contribution in [1.82, 2.24) is 19.8 Å². The molecule has 1 aromatic carbocycles. The Hall–Kier alpha value is -3.36. The number of nitrogens with zero attached hydrogens (tertiary/aromatic N) is 4. The van der Waals surface area contributed by atoms with Crippen LogP contribution < -0.4 is 14.8 Å². The van der Waals surface area contributed by atoms with E-state index in [1.807, 2.05) is 18.2 Å². The van der Waals surface area contributed by atoms with Crippen LogP contribution in [0.3, 0.4) is 0 Å². The molecular weight excluding hydrogens is 374 g/mol. The normalized spacial score (nSPS) is 13.7. The third-order valence-electron chi connectivity index (χ3n) is 4.80. The summed E-state index contributed by atoms with van der Waals surface area (Å²) in [5, 5.41) is 3.23. The summed E-state index contributed by atoms with van der Waals surface area (Å²) in [6.45, 7) is 2.72. The average Bonchev–Trinajstić information content (AvgIpc) is 2.78. The highest BCUT2D eigenvalue weighted by molar-refractivity contribution is 5.93. The molecule has 0 atom stereocenters. The first-order chi connectivity index (χ1) is 14.1. The fourth-order valence-corrected chi connectivity index (χ4v) is 3.13. The van der Waals surface area contributed by atoms with Crippen LogP contribution in [0.4, 0.5) is 5.82 Å². The van der Waals surface area contributed by atoms with Crippen LogP contribution >= 0.6 is 0 Å². The topological polar surface area (TPSA) is 96.9 Å². The second-order valence-corrected chi connectivity index (χ2v) is 6.59. The predicted molar refractivity (Wildman–Crippen MR) is 107 cm³/mol. The maximum absolute atomic E-state index is 12.6. The van der Waals surface area contributed by atoms with E-state index in [0.29, 0.717) is 55.7 Å². The molecule has 2 aromatic rings. The number of carbonyl (C=O) groups excluding carboxylic acids is 2. The maximum Gasteiger partial charge on any atom is 0.272 e. The van der Waals surface area contributed by atoms with Crippen molar-refractivity contribution in [3.05, 3.63) is 41.9 Å². The maximum atomic E-state index is 12.6. The minimum absolute atomic E-state index is 0.152. The second-order valence-electron chi connectivity index (χ2n) is 6.59. The largest absolute Gasteiger partial charge is 0.493 e. The number of benzene rings is 1. The van der Waals surface area contributed by atoms with Gasteiger partial charge < -0.3 is 24.6 Å². The Kier molecular flexibility index (Phi) is 6.83. The molecule has 0 saturated carbocycles. The van der Waals surface area contributed by atoms with Crippen molar-refractivity contribution in [1.29, 1.82) is 0 Å². The van der Waals surface area contributed by atoms with Crippen LogP contribution in [0.1, 0.15) is 16.1 Å². The van der Waals surface area contributed by atoms with Crippen molar-refractivity contribution >= 4 is 18.1 Å². The number of rotatable bonds is 8. The molecule has 1 aromatic heterocycles. The van der Waals surface area contributed by atoms with Crippen LogP contribution in [0, 0.1) is 0 Å². The van der Waals surface area contributed by atoms with Crippen molar-refractivity contribution in [2.75, 3.05) is 52.3 Å². The average molecular weight is 399 g/mol.